The number of nitrogens with one attached hydrogen (secondary N) is 1. The molecule has 1 fully saturated rings. The van der Waals surface area contributed by atoms with Gasteiger partial charge in [0.1, 0.15) is 12.3 Å². The largest absolute Gasteiger partial charge is 0.507 e. The Morgan fingerprint density at radius 1 is 1.16 bits per heavy atom. The van der Waals surface area contributed by atoms with Crippen LogP contribution in [0.4, 0.5) is 5.69 Å². The van der Waals surface area contributed by atoms with E-state index >= 15 is 0 Å². The number of fused-ring (bicyclic) bond motifs is 1. The molecule has 6 nitrogen and oxygen atoms in total. The van der Waals surface area contributed by atoms with Gasteiger partial charge in [-0.3, -0.25) is 4.79 Å². The molecule has 0 atom stereocenters. The minimum absolute atomic E-state index is 0.0732. The first-order valence-corrected chi connectivity index (χ1v) is 10.8. The molecule has 0 spiro atoms. The van der Waals surface area contributed by atoms with E-state index < -0.39 is 0 Å². The summed E-state index contributed by atoms with van der Waals surface area (Å²) in [5, 5.41) is 11.8. The number of carbonyl (C=O) groups is 1. The fourth-order valence-corrected chi connectivity index (χ4v) is 4.41. The molecule has 0 amide bonds. The van der Waals surface area contributed by atoms with Crippen LogP contribution in [0.25, 0.3) is 11.0 Å². The van der Waals surface area contributed by atoms with E-state index in [4.69, 9.17) is 4.42 Å². The number of phenolic OH excluding ortho intramolecular Hbond substituents is 1. The number of Topliss-reactive ketones (excluding diaryl/α,β-unsaturated/α-hetero) is 1. The van der Waals surface area contributed by atoms with E-state index in [1.165, 1.54) is 11.0 Å². The van der Waals surface area contributed by atoms with Gasteiger partial charge < -0.3 is 19.3 Å². The maximum Gasteiger partial charge on any atom is 0.336 e. The molecule has 1 saturated heterocycles. The molecule has 0 radical (unpaired) electrons. The van der Waals surface area contributed by atoms with Crippen molar-refractivity contribution in [3.05, 3.63) is 69.1 Å². The van der Waals surface area contributed by atoms with Gasteiger partial charge in [-0.05, 0) is 61.7 Å². The van der Waals surface area contributed by atoms with Crippen LogP contribution in [-0.4, -0.2) is 37.1 Å². The fourth-order valence-electron chi connectivity index (χ4n) is 4.41. The minimum atomic E-state index is -0.385. The van der Waals surface area contributed by atoms with Crippen LogP contribution in [0.1, 0.15) is 40.9 Å². The lowest BCUT2D eigenvalue weighted by atomic mass is 9.99. The number of anilines is 1. The van der Waals surface area contributed by atoms with E-state index in [9.17, 15) is 14.7 Å². The summed E-state index contributed by atoms with van der Waals surface area (Å²) in [6, 6.07) is 11.2. The molecular weight excluding hydrogens is 392 g/mol. The number of hydrogen-bond donors (Lipinski definition) is 2. The van der Waals surface area contributed by atoms with Gasteiger partial charge in [-0.2, -0.15) is 0 Å². The first-order valence-electron chi connectivity index (χ1n) is 10.8. The quantitative estimate of drug-likeness (QED) is 0.489. The Morgan fingerprint density at radius 3 is 2.45 bits per heavy atom. The van der Waals surface area contributed by atoms with Crippen LogP contribution in [0.2, 0.25) is 0 Å². The van der Waals surface area contributed by atoms with Gasteiger partial charge in [-0.15, -0.1) is 0 Å². The normalized spacial score (nSPS) is 14.9. The van der Waals surface area contributed by atoms with E-state index in [0.717, 1.165) is 59.5 Å². The van der Waals surface area contributed by atoms with Crippen molar-refractivity contribution in [1.29, 1.82) is 0 Å². The van der Waals surface area contributed by atoms with Crippen LogP contribution in [0.15, 0.2) is 45.6 Å². The second kappa shape index (κ2) is 8.55. The average molecular weight is 422 g/mol. The maximum absolute atomic E-state index is 12.0. The summed E-state index contributed by atoms with van der Waals surface area (Å²) in [6.07, 6.45) is 0.715. The first kappa shape index (κ1) is 21.1. The molecule has 0 saturated carbocycles. The standard InChI is InChI=1S/C25H28N2O4/c1-4-18-14-21-16(2)13-23(29)31-25(21)22(24(18)30)15-26-9-11-27(12-10-26)20-7-5-19(6-8-20)17(3)28/h5-8,13-14,30H,4,9-12,15H2,1-3H3/p+1. The zero-order chi connectivity index (χ0) is 22.1. The van der Waals surface area contributed by atoms with Crippen molar-refractivity contribution in [3.63, 3.8) is 0 Å². The number of quaternary nitrogens is 1. The van der Waals surface area contributed by atoms with Gasteiger partial charge in [-0.25, -0.2) is 4.79 Å². The van der Waals surface area contributed by atoms with Gasteiger partial charge in [0.15, 0.2) is 11.4 Å². The van der Waals surface area contributed by atoms with Crippen molar-refractivity contribution >= 4 is 22.4 Å². The molecule has 3 aromatic rings. The molecule has 0 unspecified atom stereocenters. The molecular formula is C25H29N2O4+. The Balaban J connectivity index is 1.55. The second-order valence-electron chi connectivity index (χ2n) is 8.36. The predicted octanol–water partition coefficient (Wildman–Crippen LogP) is 2.48. The Hall–Kier alpha value is -3.12. The molecule has 6 heteroatoms. The average Bonchev–Trinajstić information content (AvgIpc) is 2.76. The monoisotopic (exact) mass is 421 g/mol. The van der Waals surface area contributed by atoms with E-state index in [2.05, 4.69) is 4.90 Å². The van der Waals surface area contributed by atoms with Crippen molar-refractivity contribution in [2.24, 2.45) is 0 Å². The van der Waals surface area contributed by atoms with Crippen molar-refractivity contribution in [2.75, 3.05) is 31.1 Å². The van der Waals surface area contributed by atoms with E-state index in [1.54, 1.807) is 6.92 Å². The Labute approximate surface area is 181 Å². The molecule has 2 aromatic carbocycles. The molecule has 4 rings (SSSR count). The van der Waals surface area contributed by atoms with E-state index in [-0.39, 0.29) is 17.2 Å². The number of piperazine rings is 1. The molecule has 1 aliphatic rings. The Bertz CT molecular complexity index is 1170. The van der Waals surface area contributed by atoms with Crippen LogP contribution >= 0.6 is 0 Å². The number of nitrogens with zero attached hydrogens (tertiary/aromatic N) is 1. The molecule has 1 aliphatic heterocycles. The zero-order valence-electron chi connectivity index (χ0n) is 18.3. The highest BCUT2D eigenvalue weighted by Crippen LogP contribution is 2.32. The third-order valence-corrected chi connectivity index (χ3v) is 6.31. The molecule has 0 aliphatic carbocycles. The summed E-state index contributed by atoms with van der Waals surface area (Å²) in [5.41, 5.74) is 4.44. The molecule has 0 bridgehead atoms. The maximum atomic E-state index is 12.0. The van der Waals surface area contributed by atoms with Crippen LogP contribution in [0.5, 0.6) is 5.75 Å². The third kappa shape index (κ3) is 4.21. The second-order valence-corrected chi connectivity index (χ2v) is 8.36. The molecule has 1 aromatic heterocycles. The lowest BCUT2D eigenvalue weighted by molar-refractivity contribution is -0.914. The van der Waals surface area contributed by atoms with Gasteiger partial charge in [0, 0.05) is 22.7 Å². The van der Waals surface area contributed by atoms with Crippen LogP contribution in [0.3, 0.4) is 0 Å². The number of aromatic hydroxyl groups is 1. The van der Waals surface area contributed by atoms with Crippen molar-refractivity contribution in [3.8, 4) is 5.75 Å². The van der Waals surface area contributed by atoms with Gasteiger partial charge >= 0.3 is 5.63 Å². The highest BCUT2D eigenvalue weighted by atomic mass is 16.4. The molecule has 2 heterocycles. The summed E-state index contributed by atoms with van der Waals surface area (Å²) in [5.74, 6) is 0.322. The zero-order valence-corrected chi connectivity index (χ0v) is 18.3. The van der Waals surface area contributed by atoms with E-state index in [0.29, 0.717) is 18.5 Å². The minimum Gasteiger partial charge on any atom is -0.507 e. The molecule has 162 valence electrons. The highest BCUT2D eigenvalue weighted by Gasteiger charge is 2.25. The number of benzene rings is 2. The third-order valence-electron chi connectivity index (χ3n) is 6.31. The lowest BCUT2D eigenvalue weighted by Crippen LogP contribution is -3.13. The van der Waals surface area contributed by atoms with Crippen molar-refractivity contribution < 1.29 is 19.2 Å². The number of phenols is 1. The first-order chi connectivity index (χ1) is 14.9. The number of carbonyl (C=O) groups excluding carboxylic acids is 1. The van der Waals surface area contributed by atoms with Gasteiger partial charge in [-0.1, -0.05) is 6.92 Å². The Kier molecular flexibility index (Phi) is 5.83. The number of aryl methyl sites for hydroxylation is 2. The number of rotatable bonds is 5. The number of hydrogen-bond acceptors (Lipinski definition) is 5. The van der Waals surface area contributed by atoms with Gasteiger partial charge in [0.2, 0.25) is 0 Å². The molecule has 31 heavy (non-hydrogen) atoms. The Morgan fingerprint density at radius 2 is 1.84 bits per heavy atom. The van der Waals surface area contributed by atoms with Crippen LogP contribution < -0.4 is 15.4 Å². The van der Waals surface area contributed by atoms with E-state index in [1.807, 2.05) is 44.2 Å². The van der Waals surface area contributed by atoms with Crippen molar-refractivity contribution in [2.45, 2.75) is 33.7 Å². The summed E-state index contributed by atoms with van der Waals surface area (Å²) in [7, 11) is 0. The smallest absolute Gasteiger partial charge is 0.336 e. The topological polar surface area (TPSA) is 75.2 Å². The number of ketones is 1. The predicted molar refractivity (Wildman–Crippen MR) is 121 cm³/mol. The fraction of sp³-hybridized carbons (Fsp3) is 0.360. The van der Waals surface area contributed by atoms with Crippen molar-refractivity contribution in [1.82, 2.24) is 0 Å². The van der Waals surface area contributed by atoms with Gasteiger partial charge in [0.25, 0.3) is 0 Å². The van der Waals surface area contributed by atoms with Crippen LogP contribution in [0, 0.1) is 6.92 Å². The highest BCUT2D eigenvalue weighted by molar-refractivity contribution is 5.94. The SMILES string of the molecule is CCc1cc2c(C)cc(=O)oc2c(C[NH+]2CCN(c3ccc(C(C)=O)cc3)CC2)c1O. The lowest BCUT2D eigenvalue weighted by Gasteiger charge is -2.34. The summed E-state index contributed by atoms with van der Waals surface area (Å²) >= 11 is 0. The van der Waals surface area contributed by atoms with Crippen LogP contribution in [-0.2, 0) is 13.0 Å². The summed E-state index contributed by atoms with van der Waals surface area (Å²) in [6.45, 7) is 9.68. The molecule has 2 N–H and O–H groups in total. The summed E-state index contributed by atoms with van der Waals surface area (Å²) < 4.78 is 5.55. The van der Waals surface area contributed by atoms with Gasteiger partial charge in [0.05, 0.1) is 31.7 Å². The summed E-state index contributed by atoms with van der Waals surface area (Å²) in [4.78, 5) is 27.1.